The van der Waals surface area contributed by atoms with Gasteiger partial charge in [0.2, 0.25) is 5.91 Å². The molecule has 0 spiro atoms. The van der Waals surface area contributed by atoms with Gasteiger partial charge in [-0.2, -0.15) is 0 Å². The summed E-state index contributed by atoms with van der Waals surface area (Å²) in [5, 5.41) is 6.20. The summed E-state index contributed by atoms with van der Waals surface area (Å²) in [5.74, 6) is 0.102. The molecule has 0 saturated carbocycles. The predicted molar refractivity (Wildman–Crippen MR) is 72.6 cm³/mol. The lowest BCUT2D eigenvalue weighted by molar-refractivity contribution is -0.122. The van der Waals surface area contributed by atoms with E-state index in [4.69, 9.17) is 4.74 Å². The normalized spacial score (nSPS) is 18.6. The molecule has 1 saturated heterocycles. The SMILES string of the molecule is CCCCNC(=O)C(C)NCCN1CCOCC1. The Morgan fingerprint density at radius 3 is 2.72 bits per heavy atom. The number of ether oxygens (including phenoxy) is 1. The number of hydrogen-bond acceptors (Lipinski definition) is 4. The number of carbonyl (C=O) groups excluding carboxylic acids is 1. The lowest BCUT2D eigenvalue weighted by Gasteiger charge is -2.27. The van der Waals surface area contributed by atoms with Crippen LogP contribution in [0.1, 0.15) is 26.7 Å². The molecule has 5 nitrogen and oxygen atoms in total. The van der Waals surface area contributed by atoms with E-state index in [-0.39, 0.29) is 11.9 Å². The summed E-state index contributed by atoms with van der Waals surface area (Å²) in [6.07, 6.45) is 2.16. The van der Waals surface area contributed by atoms with Crippen molar-refractivity contribution >= 4 is 5.91 Å². The first kappa shape index (κ1) is 15.4. The van der Waals surface area contributed by atoms with E-state index in [1.165, 1.54) is 0 Å². The van der Waals surface area contributed by atoms with Gasteiger partial charge in [-0.25, -0.2) is 0 Å². The van der Waals surface area contributed by atoms with E-state index in [1.807, 2.05) is 6.92 Å². The first-order valence-corrected chi connectivity index (χ1v) is 7.05. The number of rotatable bonds is 8. The minimum atomic E-state index is -0.108. The quantitative estimate of drug-likeness (QED) is 0.611. The fourth-order valence-corrected chi connectivity index (χ4v) is 1.90. The Morgan fingerprint density at radius 1 is 1.33 bits per heavy atom. The second kappa shape index (κ2) is 9.30. The molecule has 1 aliphatic heterocycles. The molecule has 0 aromatic carbocycles. The van der Waals surface area contributed by atoms with E-state index in [0.717, 1.165) is 58.8 Å². The van der Waals surface area contributed by atoms with Crippen LogP contribution in [-0.4, -0.2) is 62.8 Å². The van der Waals surface area contributed by atoms with Crippen LogP contribution in [0.15, 0.2) is 0 Å². The Hall–Kier alpha value is -0.650. The van der Waals surface area contributed by atoms with Crippen LogP contribution in [0.3, 0.4) is 0 Å². The van der Waals surface area contributed by atoms with Crippen molar-refractivity contribution < 1.29 is 9.53 Å². The van der Waals surface area contributed by atoms with Crippen molar-refractivity contribution in [2.75, 3.05) is 45.9 Å². The highest BCUT2D eigenvalue weighted by atomic mass is 16.5. The number of nitrogens with zero attached hydrogens (tertiary/aromatic N) is 1. The van der Waals surface area contributed by atoms with E-state index >= 15 is 0 Å². The van der Waals surface area contributed by atoms with Crippen LogP contribution in [0.2, 0.25) is 0 Å². The summed E-state index contributed by atoms with van der Waals surface area (Å²) in [7, 11) is 0. The predicted octanol–water partition coefficient (Wildman–Crippen LogP) is 0.213. The largest absolute Gasteiger partial charge is 0.379 e. The zero-order valence-electron chi connectivity index (χ0n) is 11.7. The third-order valence-electron chi connectivity index (χ3n) is 3.21. The Bertz CT molecular complexity index is 230. The van der Waals surface area contributed by atoms with Crippen LogP contribution < -0.4 is 10.6 Å². The smallest absolute Gasteiger partial charge is 0.236 e. The third kappa shape index (κ3) is 6.33. The van der Waals surface area contributed by atoms with Gasteiger partial charge in [0.25, 0.3) is 0 Å². The van der Waals surface area contributed by atoms with Crippen LogP contribution in [-0.2, 0) is 9.53 Å². The van der Waals surface area contributed by atoms with Gasteiger partial charge >= 0.3 is 0 Å². The lowest BCUT2D eigenvalue weighted by atomic mass is 10.3. The van der Waals surface area contributed by atoms with Gasteiger partial charge in [-0.3, -0.25) is 9.69 Å². The number of hydrogen-bond donors (Lipinski definition) is 2. The minimum Gasteiger partial charge on any atom is -0.379 e. The van der Waals surface area contributed by atoms with Crippen molar-refractivity contribution in [3.05, 3.63) is 0 Å². The van der Waals surface area contributed by atoms with Gasteiger partial charge in [-0.1, -0.05) is 13.3 Å². The topological polar surface area (TPSA) is 53.6 Å². The highest BCUT2D eigenvalue weighted by Crippen LogP contribution is 1.95. The van der Waals surface area contributed by atoms with Gasteiger partial charge in [0, 0.05) is 32.7 Å². The van der Waals surface area contributed by atoms with E-state index in [1.54, 1.807) is 0 Å². The molecule has 5 heteroatoms. The highest BCUT2D eigenvalue weighted by molar-refractivity contribution is 5.81. The van der Waals surface area contributed by atoms with E-state index in [0.29, 0.717) is 0 Å². The Labute approximate surface area is 110 Å². The van der Waals surface area contributed by atoms with Crippen LogP contribution in [0.5, 0.6) is 0 Å². The molecule has 0 aromatic rings. The summed E-state index contributed by atoms with van der Waals surface area (Å²) in [5.41, 5.74) is 0. The van der Waals surface area contributed by atoms with Gasteiger partial charge < -0.3 is 15.4 Å². The van der Waals surface area contributed by atoms with Crippen molar-refractivity contribution in [3.8, 4) is 0 Å². The molecule has 1 rings (SSSR count). The molecule has 0 aromatic heterocycles. The Morgan fingerprint density at radius 2 is 2.06 bits per heavy atom. The zero-order valence-corrected chi connectivity index (χ0v) is 11.7. The summed E-state index contributed by atoms with van der Waals surface area (Å²) >= 11 is 0. The molecule has 1 aliphatic rings. The van der Waals surface area contributed by atoms with Crippen molar-refractivity contribution in [1.82, 2.24) is 15.5 Å². The van der Waals surface area contributed by atoms with E-state index in [2.05, 4.69) is 22.5 Å². The molecule has 1 unspecified atom stereocenters. The first-order valence-electron chi connectivity index (χ1n) is 7.05. The minimum absolute atomic E-state index is 0.102. The zero-order chi connectivity index (χ0) is 13.2. The van der Waals surface area contributed by atoms with Crippen molar-refractivity contribution in [2.45, 2.75) is 32.7 Å². The number of amides is 1. The maximum absolute atomic E-state index is 11.7. The van der Waals surface area contributed by atoms with Gasteiger partial charge in [0.05, 0.1) is 19.3 Å². The summed E-state index contributed by atoms with van der Waals surface area (Å²) in [4.78, 5) is 14.1. The van der Waals surface area contributed by atoms with Crippen molar-refractivity contribution in [2.24, 2.45) is 0 Å². The molecular formula is C13H27N3O2. The maximum atomic E-state index is 11.7. The van der Waals surface area contributed by atoms with Gasteiger partial charge in [-0.15, -0.1) is 0 Å². The average Bonchev–Trinajstić information content (AvgIpc) is 2.40. The van der Waals surface area contributed by atoms with E-state index < -0.39 is 0 Å². The summed E-state index contributed by atoms with van der Waals surface area (Å²) < 4.78 is 5.29. The fourth-order valence-electron chi connectivity index (χ4n) is 1.90. The standard InChI is InChI=1S/C13H27N3O2/c1-3-4-5-15-13(17)12(2)14-6-7-16-8-10-18-11-9-16/h12,14H,3-11H2,1-2H3,(H,15,17). The second-order valence-corrected chi connectivity index (χ2v) is 4.77. The molecule has 2 N–H and O–H groups in total. The molecule has 106 valence electrons. The van der Waals surface area contributed by atoms with Gasteiger partial charge in [0.15, 0.2) is 0 Å². The van der Waals surface area contributed by atoms with Crippen molar-refractivity contribution in [1.29, 1.82) is 0 Å². The molecule has 18 heavy (non-hydrogen) atoms. The Kier molecular flexibility index (Phi) is 7.96. The summed E-state index contributed by atoms with van der Waals surface area (Å²) in [6, 6.07) is -0.108. The van der Waals surface area contributed by atoms with Gasteiger partial charge in [0.1, 0.15) is 0 Å². The van der Waals surface area contributed by atoms with Crippen LogP contribution in [0.25, 0.3) is 0 Å². The highest BCUT2D eigenvalue weighted by Gasteiger charge is 2.13. The summed E-state index contributed by atoms with van der Waals surface area (Å²) in [6.45, 7) is 10.3. The third-order valence-corrected chi connectivity index (χ3v) is 3.21. The molecule has 1 atom stereocenters. The number of carbonyl (C=O) groups is 1. The van der Waals surface area contributed by atoms with E-state index in [9.17, 15) is 4.79 Å². The maximum Gasteiger partial charge on any atom is 0.236 e. The molecule has 0 bridgehead atoms. The second-order valence-electron chi connectivity index (χ2n) is 4.77. The van der Waals surface area contributed by atoms with Crippen LogP contribution >= 0.6 is 0 Å². The fraction of sp³-hybridized carbons (Fsp3) is 0.923. The number of morpholine rings is 1. The molecule has 1 amide bonds. The number of nitrogens with one attached hydrogen (secondary N) is 2. The van der Waals surface area contributed by atoms with Gasteiger partial charge in [-0.05, 0) is 13.3 Å². The monoisotopic (exact) mass is 257 g/mol. The molecule has 0 radical (unpaired) electrons. The molecule has 1 fully saturated rings. The average molecular weight is 257 g/mol. The van der Waals surface area contributed by atoms with Crippen LogP contribution in [0.4, 0.5) is 0 Å². The first-order chi connectivity index (χ1) is 8.74. The molecule has 1 heterocycles. The number of unbranched alkanes of at least 4 members (excludes halogenated alkanes) is 1. The Balaban J connectivity index is 2.04. The van der Waals surface area contributed by atoms with Crippen molar-refractivity contribution in [3.63, 3.8) is 0 Å². The lowest BCUT2D eigenvalue weighted by Crippen LogP contribution is -2.46. The van der Waals surface area contributed by atoms with Crippen LogP contribution in [0, 0.1) is 0 Å². The molecule has 0 aliphatic carbocycles. The molecular weight excluding hydrogens is 230 g/mol.